The van der Waals surface area contributed by atoms with Gasteiger partial charge in [-0.2, -0.15) is 0 Å². The highest BCUT2D eigenvalue weighted by Crippen LogP contribution is 2.34. The maximum absolute atomic E-state index is 12.3. The van der Waals surface area contributed by atoms with Gasteiger partial charge in [0.2, 0.25) is 0 Å². The number of ether oxygens (including phenoxy) is 3. The first kappa shape index (κ1) is 60.6. The number of aromatic amines is 3. The number of nitrogens with one attached hydrogen (secondary N) is 4. The van der Waals surface area contributed by atoms with E-state index in [9.17, 15) is 33.6 Å². The molecule has 0 saturated carbocycles. The summed E-state index contributed by atoms with van der Waals surface area (Å²) in [5.74, 6) is -1.53. The van der Waals surface area contributed by atoms with Crippen LogP contribution in [0, 0.1) is 33.6 Å². The van der Waals surface area contributed by atoms with E-state index in [4.69, 9.17) is 61.0 Å². The average Bonchev–Trinajstić information content (AvgIpc) is 3.92. The van der Waals surface area contributed by atoms with Gasteiger partial charge in [-0.3, -0.25) is 19.2 Å². The van der Waals surface area contributed by atoms with Crippen LogP contribution >= 0.6 is 57.7 Å². The van der Waals surface area contributed by atoms with Gasteiger partial charge in [0, 0.05) is 63.7 Å². The molecule has 0 aliphatic carbocycles. The smallest absolute Gasteiger partial charge is 0.477 e. The van der Waals surface area contributed by atoms with Gasteiger partial charge in [-0.05, 0) is 94.0 Å². The third kappa shape index (κ3) is 14.6. The number of methoxy groups -OCH3 is 1. The van der Waals surface area contributed by atoms with Gasteiger partial charge >= 0.3 is 18.1 Å². The SMILES string of the molecule is CCC(=O)c1cc(OC(=O)OCC(C)C)c2ccc(C)c(Cl)c2n1.COC(=O)c1cc(=O)c2ccc(C)c(Cl)c2[nH]1.Cc1ccc2c(=O)cc(-c3csc(NC(C)C)n3)[nH]c2c1Cl.Cc1ccc2c(=O)cc(C(=O)O)[nH]c2c1Cl. The number of fused-ring (bicyclic) bond motifs is 4. The third-order valence-corrected chi connectivity index (χ3v) is 14.4. The third-order valence-electron chi connectivity index (χ3n) is 11.6. The molecule has 0 fully saturated rings. The van der Waals surface area contributed by atoms with Crippen LogP contribution in [0.5, 0.6) is 5.75 Å². The van der Waals surface area contributed by atoms with Crippen molar-refractivity contribution in [3.63, 3.8) is 0 Å². The lowest BCUT2D eigenvalue weighted by Crippen LogP contribution is -2.15. The van der Waals surface area contributed by atoms with Crippen molar-refractivity contribution in [1.82, 2.24) is 24.9 Å². The molecule has 412 valence electrons. The molecule has 0 atom stereocenters. The Bertz CT molecular complexity index is 4020. The van der Waals surface area contributed by atoms with Crippen molar-refractivity contribution in [2.75, 3.05) is 19.0 Å². The summed E-state index contributed by atoms with van der Waals surface area (Å²) in [4.78, 5) is 99.3. The number of hydrogen-bond donors (Lipinski definition) is 5. The Morgan fingerprint density at radius 2 is 1.14 bits per heavy atom. The van der Waals surface area contributed by atoms with E-state index < -0.39 is 18.1 Å². The summed E-state index contributed by atoms with van der Waals surface area (Å²) in [5.41, 5.74) is 6.18. The molecule has 22 heteroatoms. The van der Waals surface area contributed by atoms with Gasteiger partial charge in [0.25, 0.3) is 0 Å². The Kier molecular flexibility index (Phi) is 20.2. The second kappa shape index (κ2) is 26.4. The van der Waals surface area contributed by atoms with E-state index in [1.54, 1.807) is 62.4 Å². The summed E-state index contributed by atoms with van der Waals surface area (Å²) in [7, 11) is 1.25. The first-order valence-electron chi connectivity index (χ1n) is 24.3. The fourth-order valence-electron chi connectivity index (χ4n) is 7.44. The fraction of sp³-hybridized carbons (Fsp3) is 0.246. The molecule has 9 rings (SSSR count). The molecule has 5 N–H and O–H groups in total. The van der Waals surface area contributed by atoms with Crippen LogP contribution in [0.2, 0.25) is 20.1 Å². The highest BCUT2D eigenvalue weighted by molar-refractivity contribution is 7.14. The molecule has 9 aromatic rings. The molecule has 5 aromatic heterocycles. The number of halogens is 4. The van der Waals surface area contributed by atoms with Crippen molar-refractivity contribution >= 4 is 130 Å². The summed E-state index contributed by atoms with van der Waals surface area (Å²) in [6.45, 7) is 17.3. The van der Waals surface area contributed by atoms with Crippen LogP contribution in [0.15, 0.2) is 92.6 Å². The molecule has 0 amide bonds. The Morgan fingerprint density at radius 1 is 0.658 bits per heavy atom. The molecule has 0 aliphatic heterocycles. The van der Waals surface area contributed by atoms with Crippen molar-refractivity contribution in [3.05, 3.63) is 168 Å². The van der Waals surface area contributed by atoms with Crippen LogP contribution < -0.4 is 26.3 Å². The van der Waals surface area contributed by atoms with Crippen LogP contribution in [0.3, 0.4) is 0 Å². The van der Waals surface area contributed by atoms with Gasteiger partial charge in [0.1, 0.15) is 22.8 Å². The number of pyridine rings is 4. The van der Waals surface area contributed by atoms with Gasteiger partial charge in [0.05, 0.1) is 67.3 Å². The van der Waals surface area contributed by atoms with E-state index in [-0.39, 0.29) is 57.4 Å². The first-order valence-corrected chi connectivity index (χ1v) is 26.7. The standard InChI is InChI=1S/C18H20ClNO4.C16H16ClN3OS.C12H10ClNO3.C11H8ClNO3/c1-5-14(21)13-8-15(24-18(22)23-9-10(2)3)12-7-6-11(4)16(19)17(12)20-13;1-8(2)18-16-20-12(7-22-16)11-6-13(21)10-5-4-9(3)14(17)15(10)19-11;1-6-3-4-7-9(15)5-8(12(16)17-2)14-11(7)10(6)13;1-5-2-3-6-8(14)4-7(11(15)16)13-10(6)9(5)12/h6-8,10H,5,9H2,1-4H3;4-8H,1-3H3,(H,18,20)(H,19,21);3-5H,1-2H3,(H,14,15);2-4H,1H3,(H,13,14)(H,15,16). The number of H-pyrrole nitrogens is 3. The predicted molar refractivity (Wildman–Crippen MR) is 314 cm³/mol. The summed E-state index contributed by atoms with van der Waals surface area (Å²) in [6, 6.07) is 19.6. The van der Waals surface area contributed by atoms with E-state index in [0.717, 1.165) is 39.1 Å². The number of hydrogen-bond acceptors (Lipinski definition) is 14. The average molecular weight is 1170 g/mol. The molecular formula is C57H54Cl4N6O11S. The summed E-state index contributed by atoms with van der Waals surface area (Å²) < 4.78 is 14.9. The number of aromatic nitrogens is 5. The number of benzene rings is 4. The van der Waals surface area contributed by atoms with Gasteiger partial charge in [0.15, 0.2) is 27.2 Å². The molecule has 0 bridgehead atoms. The lowest BCUT2D eigenvalue weighted by molar-refractivity contribution is 0.0593. The van der Waals surface area contributed by atoms with E-state index in [1.807, 2.05) is 46.1 Å². The van der Waals surface area contributed by atoms with Crippen molar-refractivity contribution in [1.29, 1.82) is 0 Å². The number of Topliss-reactive ketones (excluding diaryl/α,β-unsaturated/α-hetero) is 1. The lowest BCUT2D eigenvalue weighted by atomic mass is 10.1. The Hall–Kier alpha value is -7.61. The molecule has 0 spiro atoms. The Balaban J connectivity index is 0.000000172. The molecule has 79 heavy (non-hydrogen) atoms. The number of carboxylic acid groups (broad SMARTS) is 1. The number of anilines is 1. The number of nitrogens with zero attached hydrogens (tertiary/aromatic N) is 2. The van der Waals surface area contributed by atoms with Crippen LogP contribution in [0.25, 0.3) is 55.0 Å². The number of carbonyl (C=O) groups is 4. The van der Waals surface area contributed by atoms with Gasteiger partial charge < -0.3 is 39.6 Å². The number of thiazole rings is 1. The number of ketones is 1. The lowest BCUT2D eigenvalue weighted by Gasteiger charge is -2.12. The van der Waals surface area contributed by atoms with E-state index in [0.29, 0.717) is 81.9 Å². The zero-order chi connectivity index (χ0) is 58.2. The summed E-state index contributed by atoms with van der Waals surface area (Å²) >= 11 is 26.3. The van der Waals surface area contributed by atoms with Crippen molar-refractivity contribution in [2.24, 2.45) is 5.92 Å². The fourth-order valence-corrected chi connectivity index (χ4v) is 9.14. The Labute approximate surface area is 476 Å². The zero-order valence-electron chi connectivity index (χ0n) is 44.4. The van der Waals surface area contributed by atoms with Crippen molar-refractivity contribution in [3.8, 4) is 17.1 Å². The number of aryl methyl sites for hydroxylation is 4. The molecule has 0 saturated heterocycles. The minimum atomic E-state index is -1.18. The highest BCUT2D eigenvalue weighted by Gasteiger charge is 2.19. The normalized spacial score (nSPS) is 10.9. The molecule has 0 unspecified atom stereocenters. The quantitative estimate of drug-likeness (QED) is 0.0631. The molecular weight excluding hydrogens is 1120 g/mol. The second-order valence-electron chi connectivity index (χ2n) is 18.6. The van der Waals surface area contributed by atoms with Gasteiger partial charge in [-0.25, -0.2) is 24.4 Å². The van der Waals surface area contributed by atoms with Crippen molar-refractivity contribution in [2.45, 2.75) is 74.8 Å². The predicted octanol–water partition coefficient (Wildman–Crippen LogP) is 13.9. The second-order valence-corrected chi connectivity index (χ2v) is 20.9. The molecule has 4 aromatic carbocycles. The number of esters is 1. The van der Waals surface area contributed by atoms with Gasteiger partial charge in [-0.1, -0.05) is 91.4 Å². The molecule has 17 nitrogen and oxygen atoms in total. The number of carboxylic acids is 1. The minimum Gasteiger partial charge on any atom is -0.477 e. The maximum Gasteiger partial charge on any atom is 0.513 e. The summed E-state index contributed by atoms with van der Waals surface area (Å²) in [6.07, 6.45) is -0.526. The van der Waals surface area contributed by atoms with Crippen LogP contribution in [-0.4, -0.2) is 73.7 Å². The van der Waals surface area contributed by atoms with Crippen LogP contribution in [-0.2, 0) is 9.47 Å². The monoisotopic (exact) mass is 1170 g/mol. The van der Waals surface area contributed by atoms with Gasteiger partial charge in [-0.15, -0.1) is 11.3 Å². The number of carbonyl (C=O) groups excluding carboxylic acids is 3. The summed E-state index contributed by atoms with van der Waals surface area (Å²) in [5, 5.41) is 18.6. The van der Waals surface area contributed by atoms with E-state index >= 15 is 0 Å². The minimum absolute atomic E-state index is 0.0583. The van der Waals surface area contributed by atoms with Crippen molar-refractivity contribution < 1.29 is 38.5 Å². The largest absolute Gasteiger partial charge is 0.513 e. The van der Waals surface area contributed by atoms with E-state index in [2.05, 4.69) is 48.8 Å². The van der Waals surface area contributed by atoms with Crippen LogP contribution in [0.4, 0.5) is 9.93 Å². The molecule has 0 radical (unpaired) electrons. The first-order chi connectivity index (χ1) is 37.3. The highest BCUT2D eigenvalue weighted by atomic mass is 35.5. The number of aromatic carboxylic acids is 1. The zero-order valence-corrected chi connectivity index (χ0v) is 48.3. The van der Waals surface area contributed by atoms with E-state index in [1.165, 1.54) is 30.6 Å². The Morgan fingerprint density at radius 3 is 1.63 bits per heavy atom. The molecule has 0 aliphatic rings. The topological polar surface area (TPSA) is 253 Å². The number of rotatable bonds is 10. The van der Waals surface area contributed by atoms with Crippen LogP contribution in [0.1, 0.15) is 94.8 Å². The molecule has 5 heterocycles. The maximum atomic E-state index is 12.3.